The van der Waals surface area contributed by atoms with Crippen molar-refractivity contribution < 1.29 is 4.39 Å². The van der Waals surface area contributed by atoms with Gasteiger partial charge in [0.25, 0.3) is 0 Å². The van der Waals surface area contributed by atoms with E-state index in [0.29, 0.717) is 12.0 Å². The third-order valence-corrected chi connectivity index (χ3v) is 4.56. The molecule has 0 aliphatic heterocycles. The Morgan fingerprint density at radius 1 is 1.50 bits per heavy atom. The molecule has 0 radical (unpaired) electrons. The molecule has 1 unspecified atom stereocenters. The van der Waals surface area contributed by atoms with Crippen LogP contribution in [0.4, 0.5) is 4.39 Å². The van der Waals surface area contributed by atoms with Gasteiger partial charge in [-0.3, -0.25) is 0 Å². The van der Waals surface area contributed by atoms with Gasteiger partial charge in [-0.25, -0.2) is 9.37 Å². The van der Waals surface area contributed by atoms with E-state index >= 15 is 0 Å². The quantitative estimate of drug-likeness (QED) is 0.930. The van der Waals surface area contributed by atoms with Gasteiger partial charge in [0.05, 0.1) is 0 Å². The van der Waals surface area contributed by atoms with Crippen LogP contribution in [0.15, 0.2) is 32.8 Å². The van der Waals surface area contributed by atoms with Crippen LogP contribution >= 0.6 is 23.1 Å². The van der Waals surface area contributed by atoms with Gasteiger partial charge in [-0.2, -0.15) is 0 Å². The number of aryl methyl sites for hydroxylation is 1. The van der Waals surface area contributed by atoms with Gasteiger partial charge in [0.1, 0.15) is 5.82 Å². The summed E-state index contributed by atoms with van der Waals surface area (Å²) in [6, 6.07) is 5.07. The summed E-state index contributed by atoms with van der Waals surface area (Å²) in [5, 5.41) is 1.99. The van der Waals surface area contributed by atoms with Crippen LogP contribution in [0.1, 0.15) is 18.2 Å². The molecule has 5 heteroatoms. The van der Waals surface area contributed by atoms with E-state index in [1.165, 1.54) is 17.8 Å². The van der Waals surface area contributed by atoms with Crippen molar-refractivity contribution in [2.75, 3.05) is 0 Å². The van der Waals surface area contributed by atoms with Crippen LogP contribution in [-0.4, -0.2) is 11.0 Å². The van der Waals surface area contributed by atoms with Crippen molar-refractivity contribution in [1.29, 1.82) is 0 Å². The molecular weight excluding hydrogens is 267 g/mol. The predicted molar refractivity (Wildman–Crippen MR) is 74.7 cm³/mol. The van der Waals surface area contributed by atoms with E-state index in [-0.39, 0.29) is 11.9 Å². The van der Waals surface area contributed by atoms with Gasteiger partial charge in [0.2, 0.25) is 0 Å². The van der Waals surface area contributed by atoms with E-state index in [4.69, 9.17) is 5.73 Å². The first-order valence-corrected chi connectivity index (χ1v) is 7.39. The number of rotatable bonds is 4. The molecule has 0 aliphatic carbocycles. The van der Waals surface area contributed by atoms with Gasteiger partial charge in [-0.1, -0.05) is 17.8 Å². The van der Waals surface area contributed by atoms with E-state index in [2.05, 4.69) is 4.98 Å². The minimum absolute atomic E-state index is 0.0562. The Kier molecular flexibility index (Phi) is 4.37. The zero-order valence-corrected chi connectivity index (χ0v) is 11.9. The van der Waals surface area contributed by atoms with E-state index in [0.717, 1.165) is 14.9 Å². The fourth-order valence-electron chi connectivity index (χ4n) is 1.63. The SMILES string of the molecule is Cc1csc(Sc2cccc(F)c2CC(C)N)n1. The van der Waals surface area contributed by atoms with Crippen molar-refractivity contribution in [2.45, 2.75) is 35.5 Å². The normalized spacial score (nSPS) is 12.7. The van der Waals surface area contributed by atoms with Crippen molar-refractivity contribution in [3.8, 4) is 0 Å². The van der Waals surface area contributed by atoms with Gasteiger partial charge < -0.3 is 5.73 Å². The molecule has 0 fully saturated rings. The van der Waals surface area contributed by atoms with E-state index in [9.17, 15) is 4.39 Å². The zero-order chi connectivity index (χ0) is 13.1. The summed E-state index contributed by atoms with van der Waals surface area (Å²) in [5.74, 6) is -0.189. The van der Waals surface area contributed by atoms with Gasteiger partial charge in [-0.05, 0) is 32.4 Å². The van der Waals surface area contributed by atoms with Crippen molar-refractivity contribution in [1.82, 2.24) is 4.98 Å². The van der Waals surface area contributed by atoms with Crippen LogP contribution in [-0.2, 0) is 6.42 Å². The second-order valence-electron chi connectivity index (χ2n) is 4.25. The maximum atomic E-state index is 13.8. The number of nitrogens with zero attached hydrogens (tertiary/aromatic N) is 1. The van der Waals surface area contributed by atoms with Crippen LogP contribution in [0.2, 0.25) is 0 Å². The monoisotopic (exact) mass is 282 g/mol. The average Bonchev–Trinajstić information content (AvgIpc) is 2.69. The second-order valence-corrected chi connectivity index (χ2v) is 6.40. The summed E-state index contributed by atoms with van der Waals surface area (Å²) in [6.07, 6.45) is 0.541. The number of aromatic nitrogens is 1. The van der Waals surface area contributed by atoms with Gasteiger partial charge in [0, 0.05) is 27.6 Å². The maximum absolute atomic E-state index is 13.8. The first-order valence-electron chi connectivity index (χ1n) is 5.69. The van der Waals surface area contributed by atoms with Crippen LogP contribution < -0.4 is 5.73 Å². The lowest BCUT2D eigenvalue weighted by atomic mass is 10.1. The van der Waals surface area contributed by atoms with Crippen molar-refractivity contribution in [3.63, 3.8) is 0 Å². The lowest BCUT2D eigenvalue weighted by Gasteiger charge is -2.11. The molecule has 18 heavy (non-hydrogen) atoms. The molecule has 2 N–H and O–H groups in total. The van der Waals surface area contributed by atoms with Crippen molar-refractivity contribution in [3.05, 3.63) is 40.7 Å². The molecule has 0 bridgehead atoms. The molecule has 1 aromatic heterocycles. The third kappa shape index (κ3) is 3.31. The van der Waals surface area contributed by atoms with Gasteiger partial charge >= 0.3 is 0 Å². The lowest BCUT2D eigenvalue weighted by Crippen LogP contribution is -2.19. The number of hydrogen-bond acceptors (Lipinski definition) is 4. The number of hydrogen-bond donors (Lipinski definition) is 1. The fraction of sp³-hybridized carbons (Fsp3) is 0.308. The summed E-state index contributed by atoms with van der Waals surface area (Å²) in [4.78, 5) is 5.29. The molecule has 0 amide bonds. The molecule has 2 aromatic rings. The summed E-state index contributed by atoms with van der Waals surface area (Å²) < 4.78 is 14.8. The first kappa shape index (κ1) is 13.5. The topological polar surface area (TPSA) is 38.9 Å². The maximum Gasteiger partial charge on any atom is 0.154 e. The zero-order valence-electron chi connectivity index (χ0n) is 10.3. The lowest BCUT2D eigenvalue weighted by molar-refractivity contribution is 0.588. The molecule has 0 saturated carbocycles. The minimum Gasteiger partial charge on any atom is -0.328 e. The predicted octanol–water partition coefficient (Wildman–Crippen LogP) is 3.63. The minimum atomic E-state index is -0.189. The Morgan fingerprint density at radius 2 is 2.28 bits per heavy atom. The number of thiazole rings is 1. The summed E-state index contributed by atoms with van der Waals surface area (Å²) in [7, 11) is 0. The summed E-state index contributed by atoms with van der Waals surface area (Å²) in [5.41, 5.74) is 7.45. The molecule has 96 valence electrons. The molecule has 1 aromatic carbocycles. The molecule has 1 atom stereocenters. The van der Waals surface area contributed by atoms with Crippen molar-refractivity contribution in [2.24, 2.45) is 5.73 Å². The number of benzene rings is 1. The van der Waals surface area contributed by atoms with Crippen LogP contribution in [0.3, 0.4) is 0 Å². The van der Waals surface area contributed by atoms with Gasteiger partial charge in [0.15, 0.2) is 4.34 Å². The molecule has 2 rings (SSSR count). The highest BCUT2D eigenvalue weighted by Crippen LogP contribution is 2.34. The van der Waals surface area contributed by atoms with Crippen LogP contribution in [0.5, 0.6) is 0 Å². The fourth-order valence-corrected chi connectivity index (χ4v) is 3.58. The molecule has 1 heterocycles. The van der Waals surface area contributed by atoms with Crippen molar-refractivity contribution >= 4 is 23.1 Å². The van der Waals surface area contributed by atoms with E-state index in [1.54, 1.807) is 17.4 Å². The van der Waals surface area contributed by atoms with Gasteiger partial charge in [-0.15, -0.1) is 11.3 Å². The third-order valence-electron chi connectivity index (χ3n) is 2.40. The Balaban J connectivity index is 2.29. The molecule has 2 nitrogen and oxygen atoms in total. The van der Waals surface area contributed by atoms with E-state index < -0.39 is 0 Å². The second kappa shape index (κ2) is 5.82. The summed E-state index contributed by atoms with van der Waals surface area (Å²) in [6.45, 7) is 3.84. The number of halogens is 1. The number of nitrogens with two attached hydrogens (primary N) is 1. The highest BCUT2D eigenvalue weighted by atomic mass is 32.2. The van der Waals surface area contributed by atoms with E-state index in [1.807, 2.05) is 25.3 Å². The molecule has 0 saturated heterocycles. The standard InChI is InChI=1S/C13H15FN2S2/c1-8(15)6-10-11(14)4-3-5-12(10)18-13-16-9(2)7-17-13/h3-5,7-8H,6,15H2,1-2H3. The molecule has 0 spiro atoms. The van der Waals surface area contributed by atoms with Crippen LogP contribution in [0.25, 0.3) is 0 Å². The summed E-state index contributed by atoms with van der Waals surface area (Å²) >= 11 is 3.08. The highest BCUT2D eigenvalue weighted by Gasteiger charge is 2.12. The highest BCUT2D eigenvalue weighted by molar-refractivity contribution is 8.01. The van der Waals surface area contributed by atoms with Crippen LogP contribution in [0, 0.1) is 12.7 Å². The molecule has 0 aliphatic rings. The average molecular weight is 282 g/mol. The molecular formula is C13H15FN2S2. The first-order chi connectivity index (χ1) is 8.56. The smallest absolute Gasteiger partial charge is 0.154 e. The Hall–Kier alpha value is -0.910. The largest absolute Gasteiger partial charge is 0.328 e. The Labute approximate surface area is 114 Å². The Bertz CT molecular complexity index is 538. The Morgan fingerprint density at radius 3 is 2.89 bits per heavy atom.